The highest BCUT2D eigenvalue weighted by Crippen LogP contribution is 2.38. The number of benzene rings is 2. The highest BCUT2D eigenvalue weighted by Gasteiger charge is 2.30. The lowest BCUT2D eigenvalue weighted by Gasteiger charge is -2.17. The van der Waals surface area contributed by atoms with Crippen molar-refractivity contribution in [1.29, 1.82) is 0 Å². The number of hydrogen-bond acceptors (Lipinski definition) is 3. The summed E-state index contributed by atoms with van der Waals surface area (Å²) in [6.45, 7) is 1.71. The Hall–Kier alpha value is -2.82. The van der Waals surface area contributed by atoms with Crippen LogP contribution in [0.3, 0.4) is 0 Å². The molecule has 0 saturated heterocycles. The smallest absolute Gasteiger partial charge is 0.336 e. The fourth-order valence-electron chi connectivity index (χ4n) is 3.18. The van der Waals surface area contributed by atoms with Crippen molar-refractivity contribution in [2.45, 2.75) is 26.2 Å². The second-order valence-corrected chi connectivity index (χ2v) is 6.35. The first-order valence-electron chi connectivity index (χ1n) is 7.87. The molecule has 1 aliphatic carbocycles. The van der Waals surface area contributed by atoms with Crippen LogP contribution in [0.15, 0.2) is 30.3 Å². The van der Waals surface area contributed by atoms with E-state index in [2.05, 4.69) is 0 Å². The molecule has 124 valence electrons. The van der Waals surface area contributed by atoms with E-state index in [9.17, 15) is 19.8 Å². The maximum Gasteiger partial charge on any atom is 0.336 e. The van der Waals surface area contributed by atoms with Crippen LogP contribution in [-0.4, -0.2) is 22.2 Å². The summed E-state index contributed by atoms with van der Waals surface area (Å²) in [6, 6.07) is 8.63. The van der Waals surface area contributed by atoms with E-state index in [1.807, 2.05) is 0 Å². The molecule has 0 unspecified atom stereocenters. The zero-order valence-corrected chi connectivity index (χ0v) is 13.4. The van der Waals surface area contributed by atoms with Crippen molar-refractivity contribution in [3.63, 3.8) is 0 Å². The van der Waals surface area contributed by atoms with E-state index in [4.69, 9.17) is 5.73 Å². The average molecular weight is 325 g/mol. The van der Waals surface area contributed by atoms with Gasteiger partial charge in [0.2, 0.25) is 0 Å². The van der Waals surface area contributed by atoms with Crippen molar-refractivity contribution in [3.8, 4) is 11.1 Å². The van der Waals surface area contributed by atoms with Crippen LogP contribution in [0.1, 0.15) is 44.7 Å². The number of aryl methyl sites for hydroxylation is 1. The van der Waals surface area contributed by atoms with Crippen molar-refractivity contribution in [3.05, 3.63) is 52.6 Å². The predicted molar refractivity (Wildman–Crippen MR) is 91.4 cm³/mol. The van der Waals surface area contributed by atoms with Crippen LogP contribution in [0.25, 0.3) is 11.1 Å². The van der Waals surface area contributed by atoms with Gasteiger partial charge in [0, 0.05) is 5.69 Å². The summed E-state index contributed by atoms with van der Waals surface area (Å²) in [6.07, 6.45) is 2.51. The third-order valence-electron chi connectivity index (χ3n) is 4.44. The van der Waals surface area contributed by atoms with Crippen LogP contribution in [-0.2, 0) is 6.42 Å². The third kappa shape index (κ3) is 2.97. The van der Waals surface area contributed by atoms with E-state index in [-0.39, 0.29) is 11.1 Å². The van der Waals surface area contributed by atoms with Crippen molar-refractivity contribution in [2.75, 3.05) is 5.73 Å². The highest BCUT2D eigenvalue weighted by atomic mass is 16.4. The predicted octanol–water partition coefficient (Wildman–Crippen LogP) is 3.59. The van der Waals surface area contributed by atoms with Gasteiger partial charge in [0.15, 0.2) is 0 Å². The maximum atomic E-state index is 12.0. The number of anilines is 1. The van der Waals surface area contributed by atoms with E-state index in [0.717, 1.165) is 12.8 Å². The molecule has 0 spiro atoms. The van der Waals surface area contributed by atoms with Crippen LogP contribution >= 0.6 is 0 Å². The number of carboxylic acid groups (broad SMARTS) is 2. The summed E-state index contributed by atoms with van der Waals surface area (Å²) in [4.78, 5) is 23.7. The van der Waals surface area contributed by atoms with Gasteiger partial charge in [-0.15, -0.1) is 0 Å². The van der Waals surface area contributed by atoms with Gasteiger partial charge in [-0.3, -0.25) is 0 Å². The second-order valence-electron chi connectivity index (χ2n) is 6.35. The molecule has 4 N–H and O–H groups in total. The molecule has 0 bridgehead atoms. The molecule has 1 fully saturated rings. The molecule has 24 heavy (non-hydrogen) atoms. The van der Waals surface area contributed by atoms with Crippen LogP contribution in [0.2, 0.25) is 0 Å². The van der Waals surface area contributed by atoms with Gasteiger partial charge in [0.1, 0.15) is 0 Å². The van der Waals surface area contributed by atoms with Gasteiger partial charge in [-0.2, -0.15) is 0 Å². The first-order chi connectivity index (χ1) is 11.4. The van der Waals surface area contributed by atoms with E-state index in [1.54, 1.807) is 37.3 Å². The molecule has 1 saturated carbocycles. The molecule has 5 heteroatoms. The van der Waals surface area contributed by atoms with E-state index >= 15 is 0 Å². The van der Waals surface area contributed by atoms with Crippen LogP contribution < -0.4 is 5.73 Å². The monoisotopic (exact) mass is 325 g/mol. The Morgan fingerprint density at radius 2 is 1.79 bits per heavy atom. The van der Waals surface area contributed by atoms with Gasteiger partial charge in [0.05, 0.1) is 11.1 Å². The molecule has 0 radical (unpaired) electrons. The molecule has 0 amide bonds. The van der Waals surface area contributed by atoms with Gasteiger partial charge in [-0.05, 0) is 72.6 Å². The number of nitrogen functional groups attached to an aromatic ring is 1. The summed E-state index contributed by atoms with van der Waals surface area (Å²) < 4.78 is 0. The molecule has 3 rings (SSSR count). The first kappa shape index (κ1) is 16.1. The fourth-order valence-corrected chi connectivity index (χ4v) is 3.18. The summed E-state index contributed by atoms with van der Waals surface area (Å²) in [5.41, 5.74) is 8.76. The van der Waals surface area contributed by atoms with E-state index in [1.165, 1.54) is 0 Å². The van der Waals surface area contributed by atoms with Crippen molar-refractivity contribution < 1.29 is 19.8 Å². The van der Waals surface area contributed by atoms with Gasteiger partial charge in [-0.1, -0.05) is 12.1 Å². The molecule has 2 aromatic carbocycles. The lowest BCUT2D eigenvalue weighted by atomic mass is 9.86. The van der Waals surface area contributed by atoms with Gasteiger partial charge in [0.25, 0.3) is 0 Å². The Morgan fingerprint density at radius 1 is 1.12 bits per heavy atom. The maximum absolute atomic E-state index is 12.0. The molecule has 1 aliphatic rings. The zero-order valence-electron chi connectivity index (χ0n) is 13.4. The average Bonchev–Trinajstić information content (AvgIpc) is 3.29. The number of aromatic carboxylic acids is 2. The lowest BCUT2D eigenvalue weighted by molar-refractivity contribution is 0.0695. The number of hydrogen-bond donors (Lipinski definition) is 3. The Balaban J connectivity index is 2.31. The Bertz CT molecular complexity index is 838. The van der Waals surface area contributed by atoms with Gasteiger partial charge >= 0.3 is 11.9 Å². The topological polar surface area (TPSA) is 101 Å². The molecule has 0 aliphatic heterocycles. The van der Waals surface area contributed by atoms with Crippen LogP contribution in [0, 0.1) is 12.8 Å². The number of rotatable bonds is 5. The number of carboxylic acids is 2. The summed E-state index contributed by atoms with van der Waals surface area (Å²) in [5, 5.41) is 19.4. The minimum absolute atomic E-state index is 0.0792. The minimum atomic E-state index is -1.11. The van der Waals surface area contributed by atoms with Gasteiger partial charge < -0.3 is 15.9 Å². The quantitative estimate of drug-likeness (QED) is 0.729. The second kappa shape index (κ2) is 6.00. The zero-order chi connectivity index (χ0) is 17.4. The number of carbonyl (C=O) groups is 2. The normalized spacial score (nSPS) is 13.7. The SMILES string of the molecule is Cc1cc(-c2cccc(N)c2)c(C(=O)O)c(CC2CC2)c1C(=O)O. The minimum Gasteiger partial charge on any atom is -0.478 e. The Labute approximate surface area is 139 Å². The lowest BCUT2D eigenvalue weighted by Crippen LogP contribution is -2.14. The molecule has 0 aromatic heterocycles. The molecular weight excluding hydrogens is 306 g/mol. The van der Waals surface area contributed by atoms with Crippen LogP contribution in [0.5, 0.6) is 0 Å². The highest BCUT2D eigenvalue weighted by molar-refractivity contribution is 6.03. The molecular formula is C19H19NO4. The third-order valence-corrected chi connectivity index (χ3v) is 4.44. The first-order valence-corrected chi connectivity index (χ1v) is 7.87. The fraction of sp³-hybridized carbons (Fsp3) is 0.263. The Kier molecular flexibility index (Phi) is 4.01. The van der Waals surface area contributed by atoms with E-state index < -0.39 is 11.9 Å². The molecule has 0 heterocycles. The Morgan fingerprint density at radius 3 is 2.33 bits per heavy atom. The van der Waals surface area contributed by atoms with Crippen molar-refractivity contribution in [1.82, 2.24) is 0 Å². The molecule has 0 atom stereocenters. The van der Waals surface area contributed by atoms with Crippen molar-refractivity contribution in [2.24, 2.45) is 5.92 Å². The molecule has 2 aromatic rings. The summed E-state index contributed by atoms with van der Waals surface area (Å²) in [5.74, 6) is -1.81. The number of nitrogens with two attached hydrogens (primary N) is 1. The standard InChI is InChI=1S/C19H19NO4/c1-10-7-14(12-3-2-4-13(20)9-12)17(19(23)24)15(8-11-5-6-11)16(10)18(21)22/h2-4,7,9,11H,5-6,8,20H2,1H3,(H,21,22)(H,23,24). The van der Waals surface area contributed by atoms with Crippen molar-refractivity contribution >= 4 is 17.6 Å². The largest absolute Gasteiger partial charge is 0.478 e. The summed E-state index contributed by atoms with van der Waals surface area (Å²) in [7, 11) is 0. The van der Waals surface area contributed by atoms with Crippen LogP contribution in [0.4, 0.5) is 5.69 Å². The van der Waals surface area contributed by atoms with E-state index in [0.29, 0.717) is 40.3 Å². The summed E-state index contributed by atoms with van der Waals surface area (Å²) >= 11 is 0. The van der Waals surface area contributed by atoms with Gasteiger partial charge in [-0.25, -0.2) is 9.59 Å². The molecule has 5 nitrogen and oxygen atoms in total.